The largest absolute Gasteiger partial charge is 0.326 e. The molecule has 0 atom stereocenters. The number of hydrogen-bond donors (Lipinski definition) is 2. The van der Waals surface area contributed by atoms with Crippen molar-refractivity contribution in [2.45, 2.75) is 65.2 Å². The van der Waals surface area contributed by atoms with Crippen LogP contribution in [0.15, 0.2) is 18.2 Å². The van der Waals surface area contributed by atoms with E-state index in [1.807, 2.05) is 7.05 Å². The van der Waals surface area contributed by atoms with Crippen molar-refractivity contribution in [3.63, 3.8) is 0 Å². The molecule has 0 saturated carbocycles. The number of anilines is 1. The average Bonchev–Trinajstić information content (AvgIpc) is 2.46. The Kier molecular flexibility index (Phi) is 8.18. The Morgan fingerprint density at radius 3 is 2.09 bits per heavy atom. The maximum Gasteiger partial charge on any atom is 0.224 e. The van der Waals surface area contributed by atoms with Crippen molar-refractivity contribution in [2.24, 2.45) is 0 Å². The van der Waals surface area contributed by atoms with Crippen LogP contribution < -0.4 is 10.6 Å². The van der Waals surface area contributed by atoms with Gasteiger partial charge in [-0.2, -0.15) is 0 Å². The number of unbranched alkanes of at least 4 members (excludes halogenated alkanes) is 2. The standard InChI is InChI=1S/C19H32N2O/c1-14(2)16-10-9-11-17(15(3)4)19(16)21-18(22)12-7-6-8-13-20-5/h9-11,14-15,20H,6-8,12-13H2,1-5H3,(H,21,22). The van der Waals surface area contributed by atoms with Crippen LogP contribution in [0.5, 0.6) is 0 Å². The van der Waals surface area contributed by atoms with Crippen LogP contribution in [0.4, 0.5) is 5.69 Å². The van der Waals surface area contributed by atoms with Crippen LogP contribution >= 0.6 is 0 Å². The van der Waals surface area contributed by atoms with Gasteiger partial charge in [0.25, 0.3) is 0 Å². The molecular formula is C19H32N2O. The van der Waals surface area contributed by atoms with E-state index in [2.05, 4.69) is 56.5 Å². The Hall–Kier alpha value is -1.35. The molecule has 0 heterocycles. The number of benzene rings is 1. The highest BCUT2D eigenvalue weighted by molar-refractivity contribution is 5.92. The van der Waals surface area contributed by atoms with Crippen LogP contribution in [0.3, 0.4) is 0 Å². The van der Waals surface area contributed by atoms with Gasteiger partial charge in [0.2, 0.25) is 5.91 Å². The third kappa shape index (κ3) is 5.80. The number of hydrogen-bond acceptors (Lipinski definition) is 2. The molecule has 0 aliphatic heterocycles. The highest BCUT2D eigenvalue weighted by Crippen LogP contribution is 2.32. The highest BCUT2D eigenvalue weighted by atomic mass is 16.1. The molecule has 1 amide bonds. The van der Waals surface area contributed by atoms with Crippen molar-refractivity contribution >= 4 is 11.6 Å². The lowest BCUT2D eigenvalue weighted by molar-refractivity contribution is -0.116. The minimum absolute atomic E-state index is 0.138. The van der Waals surface area contributed by atoms with Gasteiger partial charge in [-0.25, -0.2) is 0 Å². The third-order valence-electron chi connectivity index (χ3n) is 3.97. The predicted octanol–water partition coefficient (Wildman–Crippen LogP) is 4.65. The van der Waals surface area contributed by atoms with E-state index >= 15 is 0 Å². The predicted molar refractivity (Wildman–Crippen MR) is 95.6 cm³/mol. The molecule has 3 heteroatoms. The molecular weight excluding hydrogens is 272 g/mol. The maximum atomic E-state index is 12.3. The quantitative estimate of drug-likeness (QED) is 0.652. The van der Waals surface area contributed by atoms with Gasteiger partial charge in [-0.1, -0.05) is 52.3 Å². The molecule has 0 unspecified atom stereocenters. The summed E-state index contributed by atoms with van der Waals surface area (Å²) in [6.45, 7) is 9.72. The van der Waals surface area contributed by atoms with E-state index in [-0.39, 0.29) is 5.91 Å². The first-order chi connectivity index (χ1) is 10.5. The van der Waals surface area contributed by atoms with Crippen molar-refractivity contribution in [1.82, 2.24) is 5.32 Å². The fraction of sp³-hybridized carbons (Fsp3) is 0.632. The van der Waals surface area contributed by atoms with E-state index in [9.17, 15) is 4.79 Å². The van der Waals surface area contributed by atoms with Crippen molar-refractivity contribution in [3.8, 4) is 0 Å². The molecule has 0 radical (unpaired) electrons. The van der Waals surface area contributed by atoms with Gasteiger partial charge in [0.15, 0.2) is 0 Å². The van der Waals surface area contributed by atoms with E-state index in [0.717, 1.165) is 31.5 Å². The minimum atomic E-state index is 0.138. The Morgan fingerprint density at radius 2 is 1.59 bits per heavy atom. The second kappa shape index (κ2) is 9.62. The second-order valence-corrected chi connectivity index (χ2v) is 6.58. The first-order valence-corrected chi connectivity index (χ1v) is 8.54. The summed E-state index contributed by atoms with van der Waals surface area (Å²) < 4.78 is 0. The van der Waals surface area contributed by atoms with E-state index in [1.54, 1.807) is 0 Å². The molecule has 0 spiro atoms. The van der Waals surface area contributed by atoms with E-state index in [0.29, 0.717) is 18.3 Å². The van der Waals surface area contributed by atoms with Crippen molar-refractivity contribution < 1.29 is 4.79 Å². The highest BCUT2D eigenvalue weighted by Gasteiger charge is 2.15. The zero-order chi connectivity index (χ0) is 16.5. The minimum Gasteiger partial charge on any atom is -0.326 e. The fourth-order valence-electron chi connectivity index (χ4n) is 2.66. The van der Waals surface area contributed by atoms with Gasteiger partial charge >= 0.3 is 0 Å². The number of nitrogens with one attached hydrogen (secondary N) is 2. The molecule has 0 bridgehead atoms. The van der Waals surface area contributed by atoms with Gasteiger partial charge in [-0.3, -0.25) is 4.79 Å². The summed E-state index contributed by atoms with van der Waals surface area (Å²) in [6.07, 6.45) is 3.78. The lowest BCUT2D eigenvalue weighted by atomic mass is 9.92. The number of para-hydroxylation sites is 1. The van der Waals surface area contributed by atoms with Crippen LogP contribution in [-0.4, -0.2) is 19.5 Å². The van der Waals surface area contributed by atoms with Crippen LogP contribution in [0.1, 0.15) is 76.3 Å². The summed E-state index contributed by atoms with van der Waals surface area (Å²) in [6, 6.07) is 6.34. The maximum absolute atomic E-state index is 12.3. The van der Waals surface area contributed by atoms with Gasteiger partial charge in [0.1, 0.15) is 0 Å². The summed E-state index contributed by atoms with van der Waals surface area (Å²) in [5.74, 6) is 0.953. The SMILES string of the molecule is CNCCCCCC(=O)Nc1c(C(C)C)cccc1C(C)C. The van der Waals surface area contributed by atoms with Gasteiger partial charge < -0.3 is 10.6 Å². The van der Waals surface area contributed by atoms with Gasteiger partial charge in [0, 0.05) is 12.1 Å². The molecule has 1 rings (SSSR count). The Morgan fingerprint density at radius 1 is 1.00 bits per heavy atom. The Bertz CT molecular complexity index is 440. The van der Waals surface area contributed by atoms with Crippen molar-refractivity contribution in [3.05, 3.63) is 29.3 Å². The Labute approximate surface area is 135 Å². The molecule has 124 valence electrons. The summed E-state index contributed by atoms with van der Waals surface area (Å²) in [7, 11) is 1.96. The molecule has 1 aromatic rings. The first-order valence-electron chi connectivity index (χ1n) is 8.54. The molecule has 0 aromatic heterocycles. The molecule has 0 aliphatic rings. The van der Waals surface area contributed by atoms with E-state index < -0.39 is 0 Å². The first kappa shape index (κ1) is 18.7. The molecule has 3 nitrogen and oxygen atoms in total. The molecule has 22 heavy (non-hydrogen) atoms. The molecule has 1 aromatic carbocycles. The van der Waals surface area contributed by atoms with Crippen LogP contribution in [0.25, 0.3) is 0 Å². The van der Waals surface area contributed by atoms with Crippen LogP contribution in [0.2, 0.25) is 0 Å². The average molecular weight is 304 g/mol. The molecule has 0 saturated heterocycles. The van der Waals surface area contributed by atoms with Crippen molar-refractivity contribution in [1.29, 1.82) is 0 Å². The van der Waals surface area contributed by atoms with Gasteiger partial charge in [0.05, 0.1) is 0 Å². The Balaban J connectivity index is 2.72. The second-order valence-electron chi connectivity index (χ2n) is 6.58. The smallest absolute Gasteiger partial charge is 0.224 e. The lowest BCUT2D eigenvalue weighted by Crippen LogP contribution is -2.15. The lowest BCUT2D eigenvalue weighted by Gasteiger charge is -2.20. The van der Waals surface area contributed by atoms with Gasteiger partial charge in [-0.15, -0.1) is 0 Å². The molecule has 0 fully saturated rings. The summed E-state index contributed by atoms with van der Waals surface area (Å²) in [5, 5.41) is 6.31. The molecule has 2 N–H and O–H groups in total. The molecule has 0 aliphatic carbocycles. The van der Waals surface area contributed by atoms with Crippen molar-refractivity contribution in [2.75, 3.05) is 18.9 Å². The normalized spacial score (nSPS) is 11.2. The summed E-state index contributed by atoms with van der Waals surface area (Å²) >= 11 is 0. The zero-order valence-electron chi connectivity index (χ0n) is 14.8. The summed E-state index contributed by atoms with van der Waals surface area (Å²) in [5.41, 5.74) is 3.50. The number of carbonyl (C=O) groups is 1. The number of amides is 1. The van der Waals surface area contributed by atoms with Crippen LogP contribution in [0, 0.1) is 0 Å². The van der Waals surface area contributed by atoms with E-state index in [1.165, 1.54) is 11.1 Å². The topological polar surface area (TPSA) is 41.1 Å². The summed E-state index contributed by atoms with van der Waals surface area (Å²) in [4.78, 5) is 12.3. The van der Waals surface area contributed by atoms with Gasteiger partial charge in [-0.05, 0) is 49.4 Å². The number of rotatable bonds is 9. The fourth-order valence-corrected chi connectivity index (χ4v) is 2.66. The number of carbonyl (C=O) groups excluding carboxylic acids is 1. The monoisotopic (exact) mass is 304 g/mol. The van der Waals surface area contributed by atoms with Crippen LogP contribution in [-0.2, 0) is 4.79 Å². The van der Waals surface area contributed by atoms with E-state index in [4.69, 9.17) is 0 Å². The zero-order valence-corrected chi connectivity index (χ0v) is 14.8. The third-order valence-corrected chi connectivity index (χ3v) is 3.97.